The van der Waals surface area contributed by atoms with Gasteiger partial charge in [0.1, 0.15) is 12.1 Å². The first-order valence-corrected chi connectivity index (χ1v) is 4.22. The van der Waals surface area contributed by atoms with Crippen LogP contribution in [0.1, 0.15) is 6.92 Å². The Bertz CT molecular complexity index is 213. The van der Waals surface area contributed by atoms with Crippen molar-refractivity contribution in [3.05, 3.63) is 11.2 Å². The molecule has 4 nitrogen and oxygen atoms in total. The zero-order chi connectivity index (χ0) is 9.56. The second-order valence-electron chi connectivity index (χ2n) is 2.01. The van der Waals surface area contributed by atoms with E-state index in [4.69, 9.17) is 5.21 Å². The van der Waals surface area contributed by atoms with E-state index >= 15 is 0 Å². The molecule has 0 rings (SSSR count). The number of rotatable bonds is 3. The van der Waals surface area contributed by atoms with E-state index in [0.29, 0.717) is 17.0 Å². The van der Waals surface area contributed by atoms with Gasteiger partial charge in [-0.05, 0) is 22.9 Å². The lowest BCUT2D eigenvalue weighted by Crippen LogP contribution is -2.25. The third-order valence-electron chi connectivity index (χ3n) is 1.20. The highest BCUT2D eigenvalue weighted by Gasteiger charge is 2.04. The van der Waals surface area contributed by atoms with Gasteiger partial charge in [0.2, 0.25) is 0 Å². The van der Waals surface area contributed by atoms with E-state index in [1.165, 1.54) is 6.21 Å². The number of hydrogen-bond acceptors (Lipinski definition) is 3. The molecule has 0 heterocycles. The van der Waals surface area contributed by atoms with E-state index < -0.39 is 0 Å². The van der Waals surface area contributed by atoms with Crippen molar-refractivity contribution in [2.75, 3.05) is 13.6 Å². The molecule has 0 aliphatic carbocycles. The quantitative estimate of drug-likeness (QED) is 0.265. The Labute approximate surface area is 80.4 Å². The lowest BCUT2D eigenvalue weighted by molar-refractivity contribution is 0.322. The number of hydrogen-bond donors (Lipinski definition) is 1. The van der Waals surface area contributed by atoms with Crippen molar-refractivity contribution in [1.82, 2.24) is 4.90 Å². The van der Waals surface area contributed by atoms with Crippen LogP contribution in [0.5, 0.6) is 0 Å². The summed E-state index contributed by atoms with van der Waals surface area (Å²) in [4.78, 5) is 5.75. The fourth-order valence-electron chi connectivity index (χ4n) is 0.571. The summed E-state index contributed by atoms with van der Waals surface area (Å²) in [5.41, 5.74) is 0. The molecule has 0 aromatic carbocycles. The van der Waals surface area contributed by atoms with Crippen LogP contribution >= 0.6 is 15.9 Å². The Hall–Kier alpha value is -0.840. The fourth-order valence-corrected chi connectivity index (χ4v) is 0.753. The van der Waals surface area contributed by atoms with Gasteiger partial charge in [0.15, 0.2) is 0 Å². The molecule has 0 aliphatic heterocycles. The number of aliphatic imine (C=N–C) groups is 1. The fraction of sp³-hybridized carbons (Fsp3) is 0.429. The Morgan fingerprint density at radius 3 is 2.67 bits per heavy atom. The predicted molar refractivity (Wildman–Crippen MR) is 54.1 cm³/mol. The van der Waals surface area contributed by atoms with Crippen LogP contribution in [0.25, 0.3) is 0 Å². The smallest absolute Gasteiger partial charge is 0.150 e. The normalized spacial score (nSPS) is 12.1. The minimum atomic E-state index is 0.557. The molecule has 0 aliphatic rings. The summed E-state index contributed by atoms with van der Waals surface area (Å²) in [5.74, 6) is 0.557. The van der Waals surface area contributed by atoms with Crippen LogP contribution in [0.3, 0.4) is 0 Å². The van der Waals surface area contributed by atoms with E-state index in [1.807, 2.05) is 6.92 Å². The van der Waals surface area contributed by atoms with Crippen LogP contribution < -0.4 is 0 Å². The van der Waals surface area contributed by atoms with Gasteiger partial charge < -0.3 is 10.1 Å². The minimum absolute atomic E-state index is 0.557. The summed E-state index contributed by atoms with van der Waals surface area (Å²) in [7, 11) is 1.77. The van der Waals surface area contributed by atoms with Gasteiger partial charge in [-0.25, -0.2) is 0 Å². The molecule has 12 heavy (non-hydrogen) atoms. The minimum Gasteiger partial charge on any atom is -0.411 e. The molecule has 5 heteroatoms. The number of nitrogens with zero attached hydrogens (tertiary/aromatic N) is 3. The first-order chi connectivity index (χ1) is 5.63. The highest BCUT2D eigenvalue weighted by molar-refractivity contribution is 9.11. The van der Waals surface area contributed by atoms with E-state index in [0.717, 1.165) is 0 Å². The highest BCUT2D eigenvalue weighted by atomic mass is 79.9. The molecule has 0 aromatic rings. The molecule has 0 amide bonds. The molecular formula is C7H12BrN3O. The van der Waals surface area contributed by atoms with E-state index in [2.05, 4.69) is 32.7 Å². The summed E-state index contributed by atoms with van der Waals surface area (Å²) < 4.78 is 0.662. The monoisotopic (exact) mass is 233 g/mol. The molecule has 0 unspecified atom stereocenters. The van der Waals surface area contributed by atoms with Crippen molar-refractivity contribution in [2.24, 2.45) is 10.1 Å². The molecule has 0 radical (unpaired) electrons. The molecule has 0 saturated heterocycles. The Morgan fingerprint density at radius 1 is 1.75 bits per heavy atom. The van der Waals surface area contributed by atoms with Gasteiger partial charge in [0.05, 0.1) is 4.61 Å². The molecule has 0 bridgehead atoms. The summed E-state index contributed by atoms with van der Waals surface area (Å²) in [6, 6.07) is 0. The SMILES string of the molecule is C=C(Br)N(C)C(/C=N/O)=N\CC. The second-order valence-corrected chi connectivity index (χ2v) is 2.93. The van der Waals surface area contributed by atoms with Crippen LogP contribution in [-0.4, -0.2) is 35.7 Å². The molecule has 0 fully saturated rings. The zero-order valence-corrected chi connectivity index (χ0v) is 8.74. The molecular weight excluding hydrogens is 222 g/mol. The van der Waals surface area contributed by atoms with Crippen LogP contribution in [0, 0.1) is 0 Å². The van der Waals surface area contributed by atoms with Crippen LogP contribution in [0.2, 0.25) is 0 Å². The third-order valence-corrected chi connectivity index (χ3v) is 1.73. The molecule has 0 saturated carbocycles. The number of oxime groups is 1. The third kappa shape index (κ3) is 3.52. The van der Waals surface area contributed by atoms with Gasteiger partial charge >= 0.3 is 0 Å². The lowest BCUT2D eigenvalue weighted by atomic mass is 10.5. The highest BCUT2D eigenvalue weighted by Crippen LogP contribution is 2.06. The van der Waals surface area contributed by atoms with Crippen molar-refractivity contribution in [3.8, 4) is 0 Å². The summed E-state index contributed by atoms with van der Waals surface area (Å²) in [6.45, 7) is 6.19. The summed E-state index contributed by atoms with van der Waals surface area (Å²) in [5, 5.41) is 11.2. The Morgan fingerprint density at radius 2 is 2.33 bits per heavy atom. The van der Waals surface area contributed by atoms with Crippen molar-refractivity contribution in [3.63, 3.8) is 0 Å². The predicted octanol–water partition coefficient (Wildman–Crippen LogP) is 1.66. The average Bonchev–Trinajstić information content (AvgIpc) is 2.03. The van der Waals surface area contributed by atoms with Crippen LogP contribution in [-0.2, 0) is 0 Å². The van der Waals surface area contributed by atoms with Crippen LogP contribution in [0.4, 0.5) is 0 Å². The number of halogens is 1. The molecule has 0 spiro atoms. The van der Waals surface area contributed by atoms with Gasteiger partial charge in [0, 0.05) is 13.6 Å². The maximum atomic E-state index is 8.31. The van der Waals surface area contributed by atoms with Crippen molar-refractivity contribution in [2.45, 2.75) is 6.92 Å². The molecule has 1 N–H and O–H groups in total. The van der Waals surface area contributed by atoms with Gasteiger partial charge in [0.25, 0.3) is 0 Å². The molecule has 0 atom stereocenters. The van der Waals surface area contributed by atoms with Crippen molar-refractivity contribution >= 4 is 28.0 Å². The zero-order valence-electron chi connectivity index (χ0n) is 7.16. The Balaban J connectivity index is 4.51. The first kappa shape index (κ1) is 11.2. The molecule has 68 valence electrons. The van der Waals surface area contributed by atoms with Crippen molar-refractivity contribution < 1.29 is 5.21 Å². The maximum Gasteiger partial charge on any atom is 0.150 e. The van der Waals surface area contributed by atoms with Crippen molar-refractivity contribution in [1.29, 1.82) is 0 Å². The standard InChI is InChI=1S/C7H12BrN3O/c1-4-9-7(5-10-12)11(3)6(2)8/h5,12H,2,4H2,1,3H3/b9-7-,10-5+. The second kappa shape index (κ2) is 5.77. The first-order valence-electron chi connectivity index (χ1n) is 3.43. The van der Waals surface area contributed by atoms with Gasteiger partial charge in [-0.3, -0.25) is 4.99 Å². The lowest BCUT2D eigenvalue weighted by Gasteiger charge is -2.15. The summed E-state index contributed by atoms with van der Waals surface area (Å²) in [6.07, 6.45) is 1.26. The van der Waals surface area contributed by atoms with Gasteiger partial charge in [-0.15, -0.1) is 0 Å². The van der Waals surface area contributed by atoms with Gasteiger partial charge in [-0.1, -0.05) is 11.7 Å². The van der Waals surface area contributed by atoms with Gasteiger partial charge in [-0.2, -0.15) is 0 Å². The average molecular weight is 234 g/mol. The topological polar surface area (TPSA) is 48.2 Å². The van der Waals surface area contributed by atoms with E-state index in [9.17, 15) is 0 Å². The van der Waals surface area contributed by atoms with E-state index in [-0.39, 0.29) is 0 Å². The molecule has 0 aromatic heterocycles. The van der Waals surface area contributed by atoms with Crippen LogP contribution in [0.15, 0.2) is 21.3 Å². The largest absolute Gasteiger partial charge is 0.411 e. The Kier molecular flexibility index (Phi) is 5.36. The van der Waals surface area contributed by atoms with E-state index in [1.54, 1.807) is 11.9 Å². The maximum absolute atomic E-state index is 8.31. The summed E-state index contributed by atoms with van der Waals surface area (Å²) >= 11 is 3.19. The number of amidine groups is 1.